The molecular weight excluding hydrogens is 496 g/mol. The molecule has 1 aromatic carbocycles. The minimum Gasteiger partial charge on any atom is -0.489 e. The second-order valence-corrected chi connectivity index (χ2v) is 12.1. The van der Waals surface area contributed by atoms with Crippen molar-refractivity contribution in [1.82, 2.24) is 9.78 Å². The molecule has 0 amide bonds. The molecule has 0 aliphatic rings. The van der Waals surface area contributed by atoms with Crippen molar-refractivity contribution in [2.24, 2.45) is 5.73 Å². The van der Waals surface area contributed by atoms with E-state index >= 15 is 0 Å². The zero-order chi connectivity index (χ0) is 25.7. The van der Waals surface area contributed by atoms with E-state index in [4.69, 9.17) is 48.1 Å². The molecule has 1 aromatic heterocycles. The highest BCUT2D eigenvalue weighted by atomic mass is 35.5. The van der Waals surface area contributed by atoms with Crippen LogP contribution in [0.3, 0.4) is 0 Å². The van der Waals surface area contributed by atoms with E-state index in [1.54, 1.807) is 6.07 Å². The van der Waals surface area contributed by atoms with Gasteiger partial charge in [-0.1, -0.05) is 44.0 Å². The van der Waals surface area contributed by atoms with E-state index in [9.17, 15) is 14.2 Å². The van der Waals surface area contributed by atoms with Crippen LogP contribution in [0.15, 0.2) is 21.3 Å². The molecule has 0 aliphatic carbocycles. The molecule has 0 saturated heterocycles. The molecule has 2 atom stereocenters. The number of aromatic nitrogens is 2. The number of carbonyl (C=O) groups is 1. The van der Waals surface area contributed by atoms with Crippen molar-refractivity contribution < 1.29 is 28.5 Å². The van der Waals surface area contributed by atoms with Gasteiger partial charge in [-0.2, -0.15) is 4.68 Å². The van der Waals surface area contributed by atoms with Crippen LogP contribution < -0.4 is 16.2 Å². The lowest BCUT2D eigenvalue weighted by molar-refractivity contribution is -0.138. The predicted molar refractivity (Wildman–Crippen MR) is 127 cm³/mol. The third kappa shape index (κ3) is 9.51. The van der Waals surface area contributed by atoms with Gasteiger partial charge in [-0.3, -0.25) is 9.36 Å². The molecule has 0 spiro atoms. The average Bonchev–Trinajstić information content (AvgIpc) is 3.03. The van der Waals surface area contributed by atoms with Gasteiger partial charge in [0, 0.05) is 24.3 Å². The molecule has 33 heavy (non-hydrogen) atoms. The van der Waals surface area contributed by atoms with Crippen LogP contribution in [0.1, 0.15) is 46.9 Å². The zero-order valence-corrected chi connectivity index (χ0v) is 21.7. The highest BCUT2D eigenvalue weighted by Gasteiger charge is 2.24. The Labute approximate surface area is 202 Å². The van der Waals surface area contributed by atoms with E-state index in [0.717, 1.165) is 4.68 Å². The highest BCUT2D eigenvalue weighted by Crippen LogP contribution is 2.36. The number of nitrogens with zero attached hydrogens (tertiary/aromatic N) is 2. The smallest absolute Gasteiger partial charge is 0.442 e. The maximum absolute atomic E-state index is 12.1. The fourth-order valence-electron chi connectivity index (χ4n) is 2.26. The molecular formula is C20H30Cl2N3O7P. The number of hydrogen-bond donors (Lipinski definition) is 3. The number of ether oxygens (including phenoxy) is 1. The summed E-state index contributed by atoms with van der Waals surface area (Å²) < 4.78 is 22.6. The molecule has 10 nitrogen and oxygen atoms in total. The summed E-state index contributed by atoms with van der Waals surface area (Å²) in [6.07, 6.45) is -0.0641. The van der Waals surface area contributed by atoms with Gasteiger partial charge in [-0.15, -0.1) is 5.10 Å². The van der Waals surface area contributed by atoms with E-state index in [0.29, 0.717) is 22.4 Å². The zero-order valence-electron chi connectivity index (χ0n) is 19.3. The first kappa shape index (κ1) is 29.2. The summed E-state index contributed by atoms with van der Waals surface area (Å²) in [5.41, 5.74) is 5.07. The number of benzene rings is 1. The van der Waals surface area contributed by atoms with E-state index in [1.165, 1.54) is 12.7 Å². The molecule has 186 valence electrons. The van der Waals surface area contributed by atoms with Gasteiger partial charge in [0.05, 0.1) is 21.8 Å². The quantitative estimate of drug-likeness (QED) is 0.455. The normalized spacial score (nSPS) is 14.3. The monoisotopic (exact) mass is 525 g/mol. The molecule has 0 saturated carbocycles. The summed E-state index contributed by atoms with van der Waals surface area (Å²) in [5.74, 6) is -0.985. The molecule has 2 unspecified atom stereocenters. The maximum atomic E-state index is 12.1. The molecule has 0 fully saturated rings. The molecule has 0 radical (unpaired) electrons. The van der Waals surface area contributed by atoms with Crippen molar-refractivity contribution in [2.45, 2.75) is 58.6 Å². The van der Waals surface area contributed by atoms with Gasteiger partial charge in [-0.05, 0) is 26.3 Å². The number of halogens is 2. The van der Waals surface area contributed by atoms with Gasteiger partial charge >= 0.3 is 11.7 Å². The summed E-state index contributed by atoms with van der Waals surface area (Å²) >= 11 is 12.3. The van der Waals surface area contributed by atoms with Crippen molar-refractivity contribution in [2.75, 3.05) is 12.8 Å². The SMILES string of the molecule is CC(C)Oc1cc(-n2nc(C(C)(C)C)oc2=O)c(Cl)cc1Cl.CP(=O)(O)CCC(N)C(=O)O. The number of hydrogen-bond acceptors (Lipinski definition) is 7. The van der Waals surface area contributed by atoms with Crippen LogP contribution in [0.4, 0.5) is 0 Å². The van der Waals surface area contributed by atoms with Crippen molar-refractivity contribution in [3.8, 4) is 11.4 Å². The molecule has 0 aliphatic heterocycles. The molecule has 4 N–H and O–H groups in total. The van der Waals surface area contributed by atoms with Gasteiger partial charge in [0.1, 0.15) is 11.8 Å². The Kier molecular flexibility index (Phi) is 10.2. The summed E-state index contributed by atoms with van der Waals surface area (Å²) in [6.45, 7) is 10.6. The molecule has 2 rings (SSSR count). The van der Waals surface area contributed by atoms with Gasteiger partial charge < -0.3 is 24.9 Å². The first-order valence-electron chi connectivity index (χ1n) is 9.96. The summed E-state index contributed by atoms with van der Waals surface area (Å²) in [4.78, 5) is 30.9. The fourth-order valence-corrected chi connectivity index (χ4v) is 3.53. The first-order chi connectivity index (χ1) is 14.9. The summed E-state index contributed by atoms with van der Waals surface area (Å²) in [5, 5.41) is 13.2. The van der Waals surface area contributed by atoms with Crippen LogP contribution in [-0.4, -0.2) is 50.7 Å². The van der Waals surface area contributed by atoms with Crippen LogP contribution in [0.5, 0.6) is 5.75 Å². The molecule has 1 heterocycles. The van der Waals surface area contributed by atoms with E-state index in [1.807, 2.05) is 34.6 Å². The number of rotatable bonds is 7. The third-order valence-electron chi connectivity index (χ3n) is 3.95. The molecule has 0 bridgehead atoms. The van der Waals surface area contributed by atoms with Gasteiger partial charge in [0.25, 0.3) is 0 Å². The van der Waals surface area contributed by atoms with Crippen molar-refractivity contribution >= 4 is 36.5 Å². The van der Waals surface area contributed by atoms with Gasteiger partial charge in [-0.25, -0.2) is 4.79 Å². The Morgan fingerprint density at radius 1 is 1.30 bits per heavy atom. The van der Waals surface area contributed by atoms with E-state index < -0.39 is 25.1 Å². The van der Waals surface area contributed by atoms with Crippen molar-refractivity contribution in [3.63, 3.8) is 0 Å². The van der Waals surface area contributed by atoms with Crippen LogP contribution in [0.25, 0.3) is 5.69 Å². The van der Waals surface area contributed by atoms with Crippen LogP contribution in [-0.2, 0) is 14.8 Å². The van der Waals surface area contributed by atoms with Gasteiger partial charge in [0.2, 0.25) is 5.89 Å². The maximum Gasteiger partial charge on any atom is 0.442 e. The lowest BCUT2D eigenvalue weighted by atomic mass is 9.97. The lowest BCUT2D eigenvalue weighted by Crippen LogP contribution is -2.30. The van der Waals surface area contributed by atoms with E-state index in [2.05, 4.69) is 5.10 Å². The minimum absolute atomic E-state index is 0.0412. The Morgan fingerprint density at radius 3 is 2.30 bits per heavy atom. The van der Waals surface area contributed by atoms with Crippen molar-refractivity contribution in [1.29, 1.82) is 0 Å². The summed E-state index contributed by atoms with van der Waals surface area (Å²) in [7, 11) is -3.10. The van der Waals surface area contributed by atoms with Crippen LogP contribution >= 0.6 is 30.6 Å². The minimum atomic E-state index is -3.10. The Balaban J connectivity index is 0.000000420. The number of aliphatic carboxylic acids is 1. The average molecular weight is 526 g/mol. The van der Waals surface area contributed by atoms with Crippen LogP contribution in [0.2, 0.25) is 10.0 Å². The largest absolute Gasteiger partial charge is 0.489 e. The van der Waals surface area contributed by atoms with Crippen LogP contribution in [0, 0.1) is 0 Å². The second kappa shape index (κ2) is 11.5. The lowest BCUT2D eigenvalue weighted by Gasteiger charge is -2.13. The number of carboxylic acids is 1. The fraction of sp³-hybridized carbons (Fsp3) is 0.550. The Hall–Kier alpha value is -1.84. The predicted octanol–water partition coefficient (Wildman–Crippen LogP) is 3.91. The Bertz CT molecular complexity index is 1070. The van der Waals surface area contributed by atoms with E-state index in [-0.39, 0.29) is 29.1 Å². The highest BCUT2D eigenvalue weighted by molar-refractivity contribution is 7.57. The van der Waals surface area contributed by atoms with Crippen molar-refractivity contribution in [3.05, 3.63) is 38.6 Å². The van der Waals surface area contributed by atoms with Gasteiger partial charge in [0.15, 0.2) is 7.37 Å². The first-order valence-corrected chi connectivity index (χ1v) is 13.0. The Morgan fingerprint density at radius 2 is 1.88 bits per heavy atom. The number of carboxylic acid groups (broad SMARTS) is 1. The third-order valence-corrected chi connectivity index (χ3v) is 5.64. The topological polar surface area (TPSA) is 158 Å². The standard InChI is InChI=1S/C15H18Cl2N2O3.C5H12NO4P/c1-8(2)21-12-7-11(9(16)6-10(12)17)19-14(20)22-13(18-19)15(3,4)5;1-11(9,10)3-2-4(6)5(7)8/h6-8H,1-5H3;4H,2-3,6H2,1H3,(H,7,8)(H,9,10). The summed E-state index contributed by atoms with van der Waals surface area (Å²) in [6, 6.07) is 2.07. The molecule has 13 heteroatoms. The molecule has 2 aromatic rings. The number of nitrogens with two attached hydrogens (primary N) is 1. The second-order valence-electron chi connectivity index (χ2n) is 8.74.